The van der Waals surface area contributed by atoms with E-state index in [0.717, 1.165) is 25.3 Å². The van der Waals surface area contributed by atoms with E-state index in [1.807, 2.05) is 42.5 Å². The van der Waals surface area contributed by atoms with E-state index in [2.05, 4.69) is 20.5 Å². The molecule has 0 aromatic carbocycles. The predicted molar refractivity (Wildman–Crippen MR) is 78.9 cm³/mol. The first-order chi connectivity index (χ1) is 10.2. The number of nitrogens with zero attached hydrogens (tertiary/aromatic N) is 4. The van der Waals surface area contributed by atoms with Crippen molar-refractivity contribution in [2.75, 3.05) is 20.1 Å². The van der Waals surface area contributed by atoms with E-state index in [-0.39, 0.29) is 11.9 Å². The quantitative estimate of drug-likeness (QED) is 0.836. The first-order valence-electron chi connectivity index (χ1n) is 7.29. The minimum Gasteiger partial charge on any atom is -0.337 e. The Morgan fingerprint density at radius 2 is 2.10 bits per heavy atom. The number of carbonyl (C=O) groups is 1. The molecule has 2 aliphatic heterocycles. The van der Waals surface area contributed by atoms with Gasteiger partial charge in [0.2, 0.25) is 0 Å². The molecule has 0 unspecified atom stereocenters. The second-order valence-corrected chi connectivity index (χ2v) is 5.91. The average Bonchev–Trinajstić information content (AvgIpc) is 3.12. The molecule has 1 fully saturated rings. The van der Waals surface area contributed by atoms with E-state index >= 15 is 0 Å². The molecule has 2 atom stereocenters. The molecule has 0 bridgehead atoms. The Hall–Kier alpha value is -2.14. The number of likely N-dealkylation sites (N-methyl/N-ethyl adjacent to an activating group) is 1. The Balaban J connectivity index is 1.59. The summed E-state index contributed by atoms with van der Waals surface area (Å²) in [5.74, 6) is 0.129. The number of hydrogen-bond donors (Lipinski definition) is 0. The zero-order valence-electron chi connectivity index (χ0n) is 12.0. The van der Waals surface area contributed by atoms with Gasteiger partial charge in [-0.25, -0.2) is 0 Å². The maximum Gasteiger partial charge on any atom is 0.270 e. The second kappa shape index (κ2) is 4.70. The SMILES string of the molecule is CN1C(=O)c2cccn2[C@H]2CN(Cc3cccnc3)C[C@@H]21. The smallest absolute Gasteiger partial charge is 0.270 e. The fraction of sp³-hybridized carbons (Fsp3) is 0.375. The van der Waals surface area contributed by atoms with Crippen LogP contribution < -0.4 is 0 Å². The Morgan fingerprint density at radius 3 is 2.90 bits per heavy atom. The Kier molecular flexibility index (Phi) is 2.82. The van der Waals surface area contributed by atoms with Gasteiger partial charge in [0.15, 0.2) is 0 Å². The van der Waals surface area contributed by atoms with Crippen LogP contribution in [0.5, 0.6) is 0 Å². The maximum absolute atomic E-state index is 12.4. The monoisotopic (exact) mass is 282 g/mol. The van der Waals surface area contributed by atoms with Crippen LogP contribution in [0.25, 0.3) is 0 Å². The number of likely N-dealkylation sites (tertiary alicyclic amines) is 1. The van der Waals surface area contributed by atoms with Gasteiger partial charge in [-0.3, -0.25) is 14.7 Å². The van der Waals surface area contributed by atoms with Crippen molar-refractivity contribution < 1.29 is 4.79 Å². The number of rotatable bonds is 2. The fourth-order valence-electron chi connectivity index (χ4n) is 3.58. The molecule has 1 amide bonds. The lowest BCUT2D eigenvalue weighted by molar-refractivity contribution is 0.0643. The van der Waals surface area contributed by atoms with Gasteiger partial charge in [0.05, 0.1) is 12.1 Å². The largest absolute Gasteiger partial charge is 0.337 e. The fourth-order valence-corrected chi connectivity index (χ4v) is 3.58. The summed E-state index contributed by atoms with van der Waals surface area (Å²) in [6, 6.07) is 8.57. The lowest BCUT2D eigenvalue weighted by Crippen LogP contribution is -2.48. The molecule has 1 saturated heterocycles. The van der Waals surface area contributed by atoms with Gasteiger partial charge in [0.1, 0.15) is 5.69 Å². The van der Waals surface area contributed by atoms with Gasteiger partial charge in [-0.2, -0.15) is 0 Å². The normalized spacial score (nSPS) is 25.0. The van der Waals surface area contributed by atoms with Crippen molar-refractivity contribution in [3.05, 3.63) is 54.1 Å². The molecule has 0 spiro atoms. The van der Waals surface area contributed by atoms with Crippen LogP contribution in [0.2, 0.25) is 0 Å². The Bertz CT molecular complexity index is 666. The molecule has 0 radical (unpaired) electrons. The predicted octanol–water partition coefficient (Wildman–Crippen LogP) is 1.39. The van der Waals surface area contributed by atoms with Gasteiger partial charge < -0.3 is 9.47 Å². The summed E-state index contributed by atoms with van der Waals surface area (Å²) in [6.45, 7) is 2.78. The van der Waals surface area contributed by atoms with Gasteiger partial charge in [-0.15, -0.1) is 0 Å². The number of aromatic nitrogens is 2. The molecule has 0 saturated carbocycles. The van der Waals surface area contributed by atoms with Crippen LogP contribution in [-0.4, -0.2) is 51.4 Å². The highest BCUT2D eigenvalue weighted by Crippen LogP contribution is 2.33. The van der Waals surface area contributed by atoms with Crippen LogP contribution >= 0.6 is 0 Å². The number of amides is 1. The van der Waals surface area contributed by atoms with E-state index < -0.39 is 0 Å². The summed E-state index contributed by atoms with van der Waals surface area (Å²) in [5, 5.41) is 0. The van der Waals surface area contributed by atoms with Crippen molar-refractivity contribution in [1.29, 1.82) is 0 Å². The van der Waals surface area contributed by atoms with E-state index in [9.17, 15) is 4.79 Å². The van der Waals surface area contributed by atoms with Crippen LogP contribution in [0, 0.1) is 0 Å². The van der Waals surface area contributed by atoms with Gasteiger partial charge in [0, 0.05) is 45.3 Å². The Labute approximate surface area is 123 Å². The summed E-state index contributed by atoms with van der Waals surface area (Å²) in [4.78, 5) is 20.9. The highest BCUT2D eigenvalue weighted by molar-refractivity contribution is 5.93. The van der Waals surface area contributed by atoms with Crippen LogP contribution in [-0.2, 0) is 6.54 Å². The average molecular weight is 282 g/mol. The molecule has 21 heavy (non-hydrogen) atoms. The maximum atomic E-state index is 12.4. The molecule has 108 valence electrons. The zero-order valence-corrected chi connectivity index (χ0v) is 12.0. The molecule has 4 rings (SSSR count). The van der Waals surface area contributed by atoms with Crippen molar-refractivity contribution in [2.45, 2.75) is 18.6 Å². The van der Waals surface area contributed by atoms with Gasteiger partial charge in [-0.05, 0) is 23.8 Å². The number of carbonyl (C=O) groups excluding carboxylic acids is 1. The molecular formula is C16H18N4O. The molecule has 0 aliphatic carbocycles. The van der Waals surface area contributed by atoms with E-state index in [1.54, 1.807) is 6.20 Å². The first kappa shape index (κ1) is 12.6. The van der Waals surface area contributed by atoms with Crippen LogP contribution in [0.1, 0.15) is 22.1 Å². The minimum atomic E-state index is 0.129. The molecular weight excluding hydrogens is 264 g/mol. The molecule has 0 N–H and O–H groups in total. The summed E-state index contributed by atoms with van der Waals surface area (Å²) < 4.78 is 2.15. The second-order valence-electron chi connectivity index (χ2n) is 5.91. The number of fused-ring (bicyclic) bond motifs is 3. The van der Waals surface area contributed by atoms with E-state index in [4.69, 9.17) is 0 Å². The van der Waals surface area contributed by atoms with Crippen molar-refractivity contribution >= 4 is 5.91 Å². The highest BCUT2D eigenvalue weighted by Gasteiger charge is 2.43. The molecule has 4 heterocycles. The number of hydrogen-bond acceptors (Lipinski definition) is 3. The summed E-state index contributed by atoms with van der Waals surface area (Å²) in [7, 11) is 1.92. The number of pyridine rings is 1. The summed E-state index contributed by atoms with van der Waals surface area (Å²) in [6.07, 6.45) is 5.75. The van der Waals surface area contributed by atoms with Crippen molar-refractivity contribution in [3.8, 4) is 0 Å². The third-order valence-electron chi connectivity index (χ3n) is 4.64. The summed E-state index contributed by atoms with van der Waals surface area (Å²) >= 11 is 0. The van der Waals surface area contributed by atoms with Crippen LogP contribution in [0.3, 0.4) is 0 Å². The first-order valence-corrected chi connectivity index (χ1v) is 7.29. The molecule has 2 aromatic rings. The Morgan fingerprint density at radius 1 is 1.24 bits per heavy atom. The van der Waals surface area contributed by atoms with Crippen LogP contribution in [0.15, 0.2) is 42.9 Å². The minimum absolute atomic E-state index is 0.129. The van der Waals surface area contributed by atoms with E-state index in [1.165, 1.54) is 5.56 Å². The van der Waals surface area contributed by atoms with Crippen molar-refractivity contribution in [2.24, 2.45) is 0 Å². The summed E-state index contributed by atoms with van der Waals surface area (Å²) in [5.41, 5.74) is 2.03. The molecule has 5 nitrogen and oxygen atoms in total. The lowest BCUT2D eigenvalue weighted by Gasteiger charge is -2.35. The topological polar surface area (TPSA) is 41.4 Å². The van der Waals surface area contributed by atoms with Crippen molar-refractivity contribution in [1.82, 2.24) is 19.4 Å². The highest BCUT2D eigenvalue weighted by atomic mass is 16.2. The molecule has 2 aromatic heterocycles. The molecule has 5 heteroatoms. The third-order valence-corrected chi connectivity index (χ3v) is 4.64. The third kappa shape index (κ3) is 1.96. The zero-order chi connectivity index (χ0) is 14.4. The van der Waals surface area contributed by atoms with Gasteiger partial charge in [0.25, 0.3) is 5.91 Å². The van der Waals surface area contributed by atoms with Gasteiger partial charge >= 0.3 is 0 Å². The van der Waals surface area contributed by atoms with Crippen molar-refractivity contribution in [3.63, 3.8) is 0 Å². The van der Waals surface area contributed by atoms with E-state index in [0.29, 0.717) is 6.04 Å². The standard InChI is InChI=1S/C16H18N4O/c1-18-14-10-19(9-12-4-2-6-17-8-12)11-15(14)20-7-3-5-13(20)16(18)21/h2-8,14-15H,9-11H2,1H3/t14-,15-/m0/s1. The molecule has 2 aliphatic rings. The van der Waals surface area contributed by atoms with Gasteiger partial charge in [-0.1, -0.05) is 6.07 Å². The lowest BCUT2D eigenvalue weighted by atomic mass is 10.1. The van der Waals surface area contributed by atoms with Crippen LogP contribution in [0.4, 0.5) is 0 Å².